The second kappa shape index (κ2) is 6.63. The Morgan fingerprint density at radius 1 is 1.42 bits per heavy atom. The van der Waals surface area contributed by atoms with Gasteiger partial charge in [-0.3, -0.25) is 9.59 Å². The van der Waals surface area contributed by atoms with Crippen molar-refractivity contribution in [1.29, 1.82) is 0 Å². The third kappa shape index (κ3) is 3.36. The molecule has 1 atom stereocenters. The van der Waals surface area contributed by atoms with E-state index in [-0.39, 0.29) is 23.8 Å². The molecule has 0 radical (unpaired) electrons. The molecule has 6 heteroatoms. The molecule has 2 aliphatic heterocycles. The highest BCUT2D eigenvalue weighted by molar-refractivity contribution is 6.32. The van der Waals surface area contributed by atoms with Gasteiger partial charge in [0.2, 0.25) is 11.8 Å². The van der Waals surface area contributed by atoms with Gasteiger partial charge in [0.05, 0.1) is 6.54 Å². The minimum absolute atomic E-state index is 0.0777. The maximum atomic E-state index is 12.5. The molecule has 0 aliphatic carbocycles. The predicted molar refractivity (Wildman–Crippen MR) is 95.5 cm³/mol. The van der Waals surface area contributed by atoms with Gasteiger partial charge in [0.15, 0.2) is 0 Å². The van der Waals surface area contributed by atoms with Crippen molar-refractivity contribution < 1.29 is 9.59 Å². The average molecular weight is 350 g/mol. The number of halogens is 1. The van der Waals surface area contributed by atoms with Crippen LogP contribution in [0.3, 0.4) is 0 Å². The molecule has 1 saturated heterocycles. The lowest BCUT2D eigenvalue weighted by atomic mass is 9.87. The van der Waals surface area contributed by atoms with E-state index < -0.39 is 6.04 Å². The normalized spacial score (nSPS) is 22.5. The van der Waals surface area contributed by atoms with Gasteiger partial charge in [-0.1, -0.05) is 31.5 Å². The fourth-order valence-corrected chi connectivity index (χ4v) is 4.14. The van der Waals surface area contributed by atoms with Crippen LogP contribution in [0, 0.1) is 0 Å². The first-order chi connectivity index (χ1) is 11.4. The largest absolute Gasteiger partial charge is 0.361 e. The first-order valence-electron chi connectivity index (χ1n) is 8.49. The molecule has 2 aliphatic rings. The third-order valence-electron chi connectivity index (χ3n) is 4.80. The Bertz CT molecular complexity index is 660. The van der Waals surface area contributed by atoms with Crippen molar-refractivity contribution >= 4 is 29.1 Å². The van der Waals surface area contributed by atoms with Crippen molar-refractivity contribution in [2.24, 2.45) is 0 Å². The SMILES string of the molecule is CC1(C)CN(CC(=O)N[C@H]2CCCCNC2=O)c2cccc(Cl)c21. The first-order valence-corrected chi connectivity index (χ1v) is 8.87. The fraction of sp³-hybridized carbons (Fsp3) is 0.556. The van der Waals surface area contributed by atoms with E-state index in [1.165, 1.54) is 0 Å². The van der Waals surface area contributed by atoms with Crippen molar-refractivity contribution in [3.63, 3.8) is 0 Å². The lowest BCUT2D eigenvalue weighted by Crippen LogP contribution is -2.48. The summed E-state index contributed by atoms with van der Waals surface area (Å²) in [4.78, 5) is 26.5. The van der Waals surface area contributed by atoms with Crippen molar-refractivity contribution in [2.75, 3.05) is 24.5 Å². The van der Waals surface area contributed by atoms with Crippen molar-refractivity contribution in [3.8, 4) is 0 Å². The zero-order valence-corrected chi connectivity index (χ0v) is 14.9. The van der Waals surface area contributed by atoms with E-state index in [0.29, 0.717) is 13.0 Å². The van der Waals surface area contributed by atoms with Crippen LogP contribution in [0.25, 0.3) is 0 Å². The number of hydrogen-bond acceptors (Lipinski definition) is 3. The number of rotatable bonds is 3. The van der Waals surface area contributed by atoms with Gasteiger partial charge in [-0.05, 0) is 31.4 Å². The topological polar surface area (TPSA) is 61.4 Å². The number of carbonyl (C=O) groups excluding carboxylic acids is 2. The van der Waals surface area contributed by atoms with Crippen LogP contribution in [0.15, 0.2) is 18.2 Å². The number of benzene rings is 1. The molecule has 1 aromatic carbocycles. The van der Waals surface area contributed by atoms with Crippen LogP contribution in [0.2, 0.25) is 5.02 Å². The van der Waals surface area contributed by atoms with Gasteiger partial charge < -0.3 is 15.5 Å². The Hall–Kier alpha value is -1.75. The second-order valence-electron chi connectivity index (χ2n) is 7.28. The van der Waals surface area contributed by atoms with Crippen LogP contribution in [-0.4, -0.2) is 37.5 Å². The van der Waals surface area contributed by atoms with Gasteiger partial charge >= 0.3 is 0 Å². The van der Waals surface area contributed by atoms with E-state index in [9.17, 15) is 9.59 Å². The number of nitrogens with zero attached hydrogens (tertiary/aromatic N) is 1. The van der Waals surface area contributed by atoms with E-state index in [0.717, 1.165) is 35.7 Å². The van der Waals surface area contributed by atoms with E-state index in [2.05, 4.69) is 24.5 Å². The van der Waals surface area contributed by atoms with Crippen LogP contribution in [0.4, 0.5) is 5.69 Å². The molecule has 0 aromatic heterocycles. The summed E-state index contributed by atoms with van der Waals surface area (Å²) in [6, 6.07) is 5.38. The summed E-state index contributed by atoms with van der Waals surface area (Å²) in [5, 5.41) is 6.47. The minimum atomic E-state index is -0.422. The number of nitrogens with one attached hydrogen (secondary N) is 2. The van der Waals surface area contributed by atoms with Crippen LogP contribution in [-0.2, 0) is 15.0 Å². The summed E-state index contributed by atoms with van der Waals surface area (Å²) >= 11 is 6.37. The van der Waals surface area contributed by atoms with E-state index in [1.54, 1.807) is 0 Å². The molecular weight excluding hydrogens is 326 g/mol. The first kappa shape index (κ1) is 17.1. The highest BCUT2D eigenvalue weighted by atomic mass is 35.5. The molecule has 0 bridgehead atoms. The van der Waals surface area contributed by atoms with Crippen LogP contribution in [0.5, 0.6) is 0 Å². The summed E-state index contributed by atoms with van der Waals surface area (Å²) in [6.07, 6.45) is 2.61. The monoisotopic (exact) mass is 349 g/mol. The zero-order chi connectivity index (χ0) is 17.3. The number of anilines is 1. The smallest absolute Gasteiger partial charge is 0.242 e. The molecule has 0 saturated carbocycles. The Morgan fingerprint density at radius 3 is 3.00 bits per heavy atom. The van der Waals surface area contributed by atoms with Gasteiger partial charge in [0.25, 0.3) is 0 Å². The summed E-state index contributed by atoms with van der Waals surface area (Å²) < 4.78 is 0. The van der Waals surface area contributed by atoms with Crippen LogP contribution in [0.1, 0.15) is 38.7 Å². The summed E-state index contributed by atoms with van der Waals surface area (Å²) in [7, 11) is 0. The number of amides is 2. The Balaban J connectivity index is 1.70. The summed E-state index contributed by atoms with van der Waals surface area (Å²) in [6.45, 7) is 5.93. The number of hydrogen-bond donors (Lipinski definition) is 2. The third-order valence-corrected chi connectivity index (χ3v) is 5.12. The molecule has 0 unspecified atom stereocenters. The molecule has 1 aromatic rings. The number of fused-ring (bicyclic) bond motifs is 1. The quantitative estimate of drug-likeness (QED) is 0.879. The van der Waals surface area contributed by atoms with E-state index >= 15 is 0 Å². The molecule has 5 nitrogen and oxygen atoms in total. The lowest BCUT2D eigenvalue weighted by Gasteiger charge is -2.23. The average Bonchev–Trinajstić information content (AvgIpc) is 2.64. The molecule has 0 spiro atoms. The molecule has 2 N–H and O–H groups in total. The van der Waals surface area contributed by atoms with Crippen LogP contribution >= 0.6 is 11.6 Å². The molecule has 2 amide bonds. The van der Waals surface area contributed by atoms with Crippen molar-refractivity contribution in [2.45, 2.75) is 44.6 Å². The molecular formula is C18H24ClN3O2. The van der Waals surface area contributed by atoms with E-state index in [4.69, 9.17) is 11.6 Å². The molecule has 3 rings (SSSR count). The maximum Gasteiger partial charge on any atom is 0.242 e. The molecule has 130 valence electrons. The predicted octanol–water partition coefficient (Wildman–Crippen LogP) is 2.22. The Kier molecular flexibility index (Phi) is 4.72. The van der Waals surface area contributed by atoms with Gasteiger partial charge in [0.1, 0.15) is 6.04 Å². The fourth-order valence-electron chi connectivity index (χ4n) is 3.72. The van der Waals surface area contributed by atoms with Gasteiger partial charge in [-0.2, -0.15) is 0 Å². The molecule has 24 heavy (non-hydrogen) atoms. The second-order valence-corrected chi connectivity index (χ2v) is 7.69. The van der Waals surface area contributed by atoms with Gasteiger partial charge in [-0.25, -0.2) is 0 Å². The molecule has 1 fully saturated rings. The van der Waals surface area contributed by atoms with Crippen molar-refractivity contribution in [1.82, 2.24) is 10.6 Å². The summed E-state index contributed by atoms with van der Waals surface area (Å²) in [5.74, 6) is -0.202. The summed E-state index contributed by atoms with van der Waals surface area (Å²) in [5.41, 5.74) is 1.99. The highest BCUT2D eigenvalue weighted by Gasteiger charge is 2.37. The number of carbonyl (C=O) groups is 2. The Labute approximate surface area is 147 Å². The van der Waals surface area contributed by atoms with E-state index in [1.807, 2.05) is 23.1 Å². The highest BCUT2D eigenvalue weighted by Crippen LogP contribution is 2.44. The molecule has 2 heterocycles. The Morgan fingerprint density at radius 2 is 2.21 bits per heavy atom. The minimum Gasteiger partial charge on any atom is -0.361 e. The van der Waals surface area contributed by atoms with Gasteiger partial charge in [-0.15, -0.1) is 0 Å². The zero-order valence-electron chi connectivity index (χ0n) is 14.2. The van der Waals surface area contributed by atoms with Crippen molar-refractivity contribution in [3.05, 3.63) is 28.8 Å². The maximum absolute atomic E-state index is 12.5. The lowest BCUT2D eigenvalue weighted by molar-refractivity contribution is -0.128. The van der Waals surface area contributed by atoms with Gasteiger partial charge in [0, 0.05) is 34.8 Å². The van der Waals surface area contributed by atoms with Crippen LogP contribution < -0.4 is 15.5 Å². The standard InChI is InChI=1S/C18H24ClN3O2/c1-18(2)11-22(14-8-5-6-12(19)16(14)18)10-15(23)21-13-7-3-4-9-20-17(13)24/h5-6,8,13H,3-4,7,9-11H2,1-2H3,(H,20,24)(H,21,23)/t13-/m0/s1.